The number of benzene rings is 1. The Labute approximate surface area is 119 Å². The van der Waals surface area contributed by atoms with E-state index in [-0.39, 0.29) is 5.78 Å². The predicted molar refractivity (Wildman–Crippen MR) is 77.9 cm³/mol. The summed E-state index contributed by atoms with van der Waals surface area (Å²) >= 11 is 4.84. The average Bonchev–Trinajstić information content (AvgIpc) is 2.74. The van der Waals surface area contributed by atoms with Crippen molar-refractivity contribution in [3.8, 4) is 5.75 Å². The van der Waals surface area contributed by atoms with E-state index in [9.17, 15) is 4.79 Å². The standard InChI is InChI=1S/C14H13BrO2S/c1-8-6-10(7-9(2)13(8)17-3)12(16)14-11(15)4-5-18-14/h4-7H,1-3H3. The number of carbonyl (C=O) groups excluding carboxylic acids is 1. The maximum absolute atomic E-state index is 12.4. The second-order valence-electron chi connectivity index (χ2n) is 4.07. The Balaban J connectivity index is 2.47. The van der Waals surface area contributed by atoms with Gasteiger partial charge in [-0.1, -0.05) is 0 Å². The lowest BCUT2D eigenvalue weighted by Crippen LogP contribution is -2.02. The average molecular weight is 325 g/mol. The molecule has 0 N–H and O–H groups in total. The van der Waals surface area contributed by atoms with Gasteiger partial charge in [-0.25, -0.2) is 0 Å². The topological polar surface area (TPSA) is 26.3 Å². The molecule has 1 aromatic carbocycles. The lowest BCUT2D eigenvalue weighted by Gasteiger charge is -2.10. The molecule has 0 amide bonds. The van der Waals surface area contributed by atoms with Gasteiger partial charge in [0.15, 0.2) is 0 Å². The van der Waals surface area contributed by atoms with Gasteiger partial charge in [0.05, 0.1) is 12.0 Å². The lowest BCUT2D eigenvalue weighted by atomic mass is 10.0. The van der Waals surface area contributed by atoms with Gasteiger partial charge in [0.25, 0.3) is 0 Å². The molecule has 0 bridgehead atoms. The van der Waals surface area contributed by atoms with Crippen molar-refractivity contribution in [2.75, 3.05) is 7.11 Å². The van der Waals surface area contributed by atoms with Crippen LogP contribution in [0.1, 0.15) is 26.4 Å². The minimum absolute atomic E-state index is 0.0470. The summed E-state index contributed by atoms with van der Waals surface area (Å²) in [6, 6.07) is 5.64. The van der Waals surface area contributed by atoms with Crippen LogP contribution in [0.25, 0.3) is 0 Å². The molecule has 1 heterocycles. The lowest BCUT2D eigenvalue weighted by molar-refractivity contribution is 0.104. The van der Waals surface area contributed by atoms with Crippen LogP contribution in [0.15, 0.2) is 28.1 Å². The van der Waals surface area contributed by atoms with Gasteiger partial charge in [0.1, 0.15) is 5.75 Å². The summed E-state index contributed by atoms with van der Waals surface area (Å²) in [6.07, 6.45) is 0. The number of thiophene rings is 1. The van der Waals surface area contributed by atoms with Crippen molar-refractivity contribution in [1.82, 2.24) is 0 Å². The summed E-state index contributed by atoms with van der Waals surface area (Å²) in [5.41, 5.74) is 2.66. The fourth-order valence-electron chi connectivity index (χ4n) is 1.99. The van der Waals surface area contributed by atoms with Crippen LogP contribution in [0.5, 0.6) is 5.75 Å². The second-order valence-corrected chi connectivity index (χ2v) is 5.84. The zero-order valence-electron chi connectivity index (χ0n) is 10.4. The summed E-state index contributed by atoms with van der Waals surface area (Å²) in [6.45, 7) is 3.90. The molecule has 0 fully saturated rings. The summed E-state index contributed by atoms with van der Waals surface area (Å²) in [7, 11) is 1.65. The van der Waals surface area contributed by atoms with Gasteiger partial charge >= 0.3 is 0 Å². The van der Waals surface area contributed by atoms with Crippen molar-refractivity contribution in [2.45, 2.75) is 13.8 Å². The van der Waals surface area contributed by atoms with Crippen LogP contribution in [-0.2, 0) is 0 Å². The molecule has 0 atom stereocenters. The summed E-state index contributed by atoms with van der Waals surface area (Å²) in [5.74, 6) is 0.891. The highest BCUT2D eigenvalue weighted by Gasteiger charge is 2.16. The quantitative estimate of drug-likeness (QED) is 0.784. The number of aryl methyl sites for hydroxylation is 2. The molecule has 2 aromatic rings. The van der Waals surface area contributed by atoms with Crippen molar-refractivity contribution in [1.29, 1.82) is 0 Å². The predicted octanol–water partition coefficient (Wildman–Crippen LogP) is 4.37. The molecule has 2 rings (SSSR count). The fourth-order valence-corrected chi connectivity index (χ4v) is 3.50. The first kappa shape index (κ1) is 13.3. The molecule has 0 spiro atoms. The molecule has 1 aromatic heterocycles. The normalized spacial score (nSPS) is 10.4. The summed E-state index contributed by atoms with van der Waals surface area (Å²) in [4.78, 5) is 13.1. The maximum atomic E-state index is 12.4. The summed E-state index contributed by atoms with van der Waals surface area (Å²) in [5, 5.41) is 1.90. The highest BCUT2D eigenvalue weighted by Crippen LogP contribution is 2.29. The van der Waals surface area contributed by atoms with Crippen LogP contribution in [-0.4, -0.2) is 12.9 Å². The summed E-state index contributed by atoms with van der Waals surface area (Å²) < 4.78 is 6.16. The molecule has 18 heavy (non-hydrogen) atoms. The van der Waals surface area contributed by atoms with E-state index in [1.807, 2.05) is 37.4 Å². The largest absolute Gasteiger partial charge is 0.496 e. The Kier molecular flexibility index (Phi) is 3.88. The Bertz CT molecular complexity index is 579. The van der Waals surface area contributed by atoms with Crippen molar-refractivity contribution < 1.29 is 9.53 Å². The van der Waals surface area contributed by atoms with Crippen molar-refractivity contribution in [2.24, 2.45) is 0 Å². The molecular formula is C14H13BrO2S. The van der Waals surface area contributed by atoms with Crippen molar-refractivity contribution in [3.63, 3.8) is 0 Å². The number of rotatable bonds is 3. The number of carbonyl (C=O) groups is 1. The number of halogens is 1. The van der Waals surface area contributed by atoms with Crippen molar-refractivity contribution >= 4 is 33.0 Å². The first-order valence-electron chi connectivity index (χ1n) is 5.47. The van der Waals surface area contributed by atoms with E-state index in [0.717, 1.165) is 26.2 Å². The van der Waals surface area contributed by atoms with Gasteiger partial charge in [0.2, 0.25) is 5.78 Å². The highest BCUT2D eigenvalue weighted by molar-refractivity contribution is 9.10. The van der Waals surface area contributed by atoms with E-state index in [1.54, 1.807) is 7.11 Å². The van der Waals surface area contributed by atoms with Gasteiger partial charge < -0.3 is 4.74 Å². The first-order valence-corrected chi connectivity index (χ1v) is 7.14. The Hall–Kier alpha value is -1.13. The minimum Gasteiger partial charge on any atom is -0.496 e. The van der Waals surface area contributed by atoms with Crippen LogP contribution >= 0.6 is 27.3 Å². The number of ketones is 1. The molecule has 0 saturated heterocycles. The first-order chi connectivity index (χ1) is 8.54. The van der Waals surface area contributed by atoms with E-state index in [2.05, 4.69) is 15.9 Å². The highest BCUT2D eigenvalue weighted by atomic mass is 79.9. The van der Waals surface area contributed by atoms with E-state index in [1.165, 1.54) is 11.3 Å². The van der Waals surface area contributed by atoms with Crippen LogP contribution < -0.4 is 4.74 Å². The maximum Gasteiger partial charge on any atom is 0.204 e. The zero-order valence-corrected chi connectivity index (χ0v) is 12.8. The molecule has 0 radical (unpaired) electrons. The van der Waals surface area contributed by atoms with Crippen LogP contribution in [0.2, 0.25) is 0 Å². The van der Waals surface area contributed by atoms with E-state index < -0.39 is 0 Å². The third-order valence-electron chi connectivity index (χ3n) is 2.75. The smallest absolute Gasteiger partial charge is 0.204 e. The molecule has 94 valence electrons. The molecule has 0 saturated carbocycles. The molecule has 0 unspecified atom stereocenters. The number of methoxy groups -OCH3 is 1. The SMILES string of the molecule is COc1c(C)cc(C(=O)c2sccc2Br)cc1C. The zero-order chi connectivity index (χ0) is 13.3. The number of hydrogen-bond acceptors (Lipinski definition) is 3. The fraction of sp³-hybridized carbons (Fsp3) is 0.214. The van der Waals surface area contributed by atoms with Gasteiger partial charge in [-0.15, -0.1) is 11.3 Å². The number of hydrogen-bond donors (Lipinski definition) is 0. The van der Waals surface area contributed by atoms with E-state index in [0.29, 0.717) is 5.56 Å². The molecule has 0 aliphatic heterocycles. The molecule has 0 aliphatic rings. The van der Waals surface area contributed by atoms with Gasteiger partial charge in [-0.05, 0) is 64.5 Å². The monoisotopic (exact) mass is 324 g/mol. The van der Waals surface area contributed by atoms with Crippen LogP contribution in [0, 0.1) is 13.8 Å². The van der Waals surface area contributed by atoms with Crippen LogP contribution in [0.3, 0.4) is 0 Å². The number of ether oxygens (including phenoxy) is 1. The third-order valence-corrected chi connectivity index (χ3v) is 4.59. The van der Waals surface area contributed by atoms with E-state index in [4.69, 9.17) is 4.74 Å². The molecule has 0 aliphatic carbocycles. The minimum atomic E-state index is 0.0470. The Morgan fingerprint density at radius 2 is 1.89 bits per heavy atom. The van der Waals surface area contributed by atoms with Gasteiger partial charge in [0, 0.05) is 10.0 Å². The van der Waals surface area contributed by atoms with E-state index >= 15 is 0 Å². The molecular weight excluding hydrogens is 312 g/mol. The molecule has 4 heteroatoms. The van der Waals surface area contributed by atoms with Gasteiger partial charge in [-0.2, -0.15) is 0 Å². The second kappa shape index (κ2) is 5.24. The van der Waals surface area contributed by atoms with Gasteiger partial charge in [-0.3, -0.25) is 4.79 Å². The Morgan fingerprint density at radius 3 is 2.33 bits per heavy atom. The Morgan fingerprint density at radius 1 is 1.28 bits per heavy atom. The molecule has 2 nitrogen and oxygen atoms in total. The van der Waals surface area contributed by atoms with Crippen LogP contribution in [0.4, 0.5) is 0 Å². The third kappa shape index (κ3) is 2.35. The van der Waals surface area contributed by atoms with Crippen molar-refractivity contribution in [3.05, 3.63) is 49.6 Å².